The first-order chi connectivity index (χ1) is 18.4. The van der Waals surface area contributed by atoms with Crippen LogP contribution in [-0.4, -0.2) is 68.5 Å². The number of hydrogen-bond acceptors (Lipinski definition) is 7. The molecule has 2 fully saturated rings. The van der Waals surface area contributed by atoms with E-state index >= 15 is 0 Å². The number of nitrogen functional groups attached to an aromatic ring is 1. The fourth-order valence-electron chi connectivity index (χ4n) is 5.17. The summed E-state index contributed by atoms with van der Waals surface area (Å²) >= 11 is 0. The van der Waals surface area contributed by atoms with Gasteiger partial charge in [0.05, 0.1) is 18.4 Å². The minimum Gasteiger partial charge on any atom is -0.480 e. The Hall–Kier alpha value is -4.04. The van der Waals surface area contributed by atoms with Gasteiger partial charge in [0.15, 0.2) is 5.82 Å². The first kappa shape index (κ1) is 26.6. The number of ether oxygens (including phenoxy) is 1. The number of pyridine rings is 1. The number of amides is 2. The van der Waals surface area contributed by atoms with Gasteiger partial charge in [0.25, 0.3) is 5.91 Å². The highest BCUT2D eigenvalue weighted by molar-refractivity contribution is 5.98. The molecule has 0 radical (unpaired) electrons. The second kappa shape index (κ2) is 9.61. The molecule has 0 aromatic carbocycles. The monoisotopic (exact) mass is 553 g/mol. The third-order valence-electron chi connectivity index (χ3n) is 7.06. The number of hydrogen-bond donors (Lipinski definition) is 2. The molecule has 2 amide bonds. The third-order valence-corrected chi connectivity index (χ3v) is 7.06. The molecule has 3 aromatic heterocycles. The molecule has 4 heterocycles. The summed E-state index contributed by atoms with van der Waals surface area (Å²) in [6.45, 7) is 0.454. The van der Waals surface area contributed by atoms with Crippen LogP contribution < -0.4 is 15.8 Å². The Bertz CT molecular complexity index is 1440. The molecule has 39 heavy (non-hydrogen) atoms. The van der Waals surface area contributed by atoms with Crippen molar-refractivity contribution in [1.82, 2.24) is 29.8 Å². The van der Waals surface area contributed by atoms with Gasteiger partial charge in [-0.15, -0.1) is 0 Å². The van der Waals surface area contributed by atoms with Crippen LogP contribution in [0, 0.1) is 5.92 Å². The number of carbonyl (C=O) groups is 2. The predicted octanol–water partition coefficient (Wildman–Crippen LogP) is 3.17. The van der Waals surface area contributed by atoms with E-state index in [9.17, 15) is 31.5 Å². The van der Waals surface area contributed by atoms with Crippen LogP contribution in [0.5, 0.6) is 5.88 Å². The molecule has 0 spiro atoms. The number of fused-ring (bicyclic) bond motifs is 1. The Kier molecular flexibility index (Phi) is 6.55. The molecule has 0 bridgehead atoms. The van der Waals surface area contributed by atoms with Crippen LogP contribution in [0.4, 0.5) is 27.8 Å². The van der Waals surface area contributed by atoms with Crippen molar-refractivity contribution >= 4 is 23.1 Å². The lowest BCUT2D eigenvalue weighted by atomic mass is 10.1. The van der Waals surface area contributed by atoms with E-state index in [0.29, 0.717) is 13.0 Å². The minimum absolute atomic E-state index is 0.0263. The van der Waals surface area contributed by atoms with Crippen molar-refractivity contribution in [3.05, 3.63) is 35.8 Å². The van der Waals surface area contributed by atoms with Gasteiger partial charge in [-0.2, -0.15) is 18.3 Å². The highest BCUT2D eigenvalue weighted by atomic mass is 19.4. The quantitative estimate of drug-likeness (QED) is 0.465. The van der Waals surface area contributed by atoms with E-state index < -0.39 is 47.5 Å². The number of aromatic nitrogens is 4. The van der Waals surface area contributed by atoms with Gasteiger partial charge in [0, 0.05) is 49.7 Å². The summed E-state index contributed by atoms with van der Waals surface area (Å²) in [5.41, 5.74) is 4.28. The molecule has 208 valence electrons. The van der Waals surface area contributed by atoms with E-state index in [1.807, 2.05) is 0 Å². The summed E-state index contributed by atoms with van der Waals surface area (Å²) in [7, 11) is 1.29. The second-order valence-electron chi connectivity index (χ2n) is 9.67. The number of alkyl halides is 5. The summed E-state index contributed by atoms with van der Waals surface area (Å²) < 4.78 is 74.4. The largest absolute Gasteiger partial charge is 0.480 e. The van der Waals surface area contributed by atoms with Crippen molar-refractivity contribution in [1.29, 1.82) is 0 Å². The van der Waals surface area contributed by atoms with Gasteiger partial charge in [0.2, 0.25) is 17.7 Å². The highest BCUT2D eigenvalue weighted by Crippen LogP contribution is 2.40. The minimum atomic E-state index is -4.75. The first-order valence-electron chi connectivity index (χ1n) is 12.1. The standard InChI is InChI=1S/C24H24F5N7O3/c1-39-21-15(20(37)34-14-3-5-35(10-14)22(38)12-2-4-23(25,26)8-12)6-13(9-31-21)17-7-16(24(27,28)29)18-19(30)32-11-33-36(17)18/h6-7,9,11-12,14H,2-5,8,10H2,1H3,(H,34,37)(H2,30,32,33)/t12?,14-/m0/s1. The van der Waals surface area contributed by atoms with E-state index in [2.05, 4.69) is 20.4 Å². The summed E-state index contributed by atoms with van der Waals surface area (Å²) in [6.07, 6.45) is -2.76. The molecule has 1 unspecified atom stereocenters. The Labute approximate surface area is 218 Å². The van der Waals surface area contributed by atoms with Gasteiger partial charge in [-0.05, 0) is 25.0 Å². The summed E-state index contributed by atoms with van der Waals surface area (Å²) in [4.78, 5) is 35.1. The maximum Gasteiger partial charge on any atom is 0.418 e. The molecule has 2 atom stereocenters. The fourth-order valence-corrected chi connectivity index (χ4v) is 5.17. The van der Waals surface area contributed by atoms with E-state index in [1.165, 1.54) is 24.3 Å². The lowest BCUT2D eigenvalue weighted by Gasteiger charge is -2.21. The van der Waals surface area contributed by atoms with Crippen molar-refractivity contribution in [2.45, 2.75) is 43.8 Å². The molecular formula is C24H24F5N7O3. The van der Waals surface area contributed by atoms with Gasteiger partial charge in [-0.3, -0.25) is 9.59 Å². The number of methoxy groups -OCH3 is 1. The van der Waals surface area contributed by atoms with Crippen molar-refractivity contribution in [2.75, 3.05) is 25.9 Å². The Morgan fingerprint density at radius 3 is 2.64 bits per heavy atom. The number of rotatable bonds is 5. The van der Waals surface area contributed by atoms with Crippen molar-refractivity contribution in [2.24, 2.45) is 5.92 Å². The first-order valence-corrected chi connectivity index (χ1v) is 12.1. The molecule has 3 aromatic rings. The van der Waals surface area contributed by atoms with Crippen molar-refractivity contribution in [3.8, 4) is 17.1 Å². The molecule has 1 aliphatic carbocycles. The maximum absolute atomic E-state index is 13.7. The molecule has 3 N–H and O–H groups in total. The number of nitrogens with two attached hydrogens (primary N) is 1. The van der Waals surface area contributed by atoms with Gasteiger partial charge >= 0.3 is 6.18 Å². The molecular weight excluding hydrogens is 529 g/mol. The Balaban J connectivity index is 1.38. The number of carbonyl (C=O) groups excluding carboxylic acids is 2. The van der Waals surface area contributed by atoms with Crippen LogP contribution in [0.15, 0.2) is 24.7 Å². The third kappa shape index (κ3) is 5.04. The molecule has 5 rings (SSSR count). The van der Waals surface area contributed by atoms with Crippen LogP contribution in [0.2, 0.25) is 0 Å². The molecule has 15 heteroatoms. The smallest absolute Gasteiger partial charge is 0.418 e. The maximum atomic E-state index is 13.7. The van der Waals surface area contributed by atoms with Crippen LogP contribution in [0.25, 0.3) is 16.8 Å². The number of likely N-dealkylation sites (tertiary alicyclic amines) is 1. The number of nitrogens with one attached hydrogen (secondary N) is 1. The second-order valence-corrected chi connectivity index (χ2v) is 9.67. The van der Waals surface area contributed by atoms with E-state index in [-0.39, 0.29) is 53.8 Å². The van der Waals surface area contributed by atoms with Crippen LogP contribution in [0.3, 0.4) is 0 Å². The Morgan fingerprint density at radius 2 is 1.97 bits per heavy atom. The molecule has 10 nitrogen and oxygen atoms in total. The summed E-state index contributed by atoms with van der Waals surface area (Å²) in [6, 6.07) is 1.70. The molecule has 1 saturated heterocycles. The van der Waals surface area contributed by atoms with Crippen LogP contribution in [-0.2, 0) is 11.0 Å². The van der Waals surface area contributed by atoms with Gasteiger partial charge in [0.1, 0.15) is 17.4 Å². The van der Waals surface area contributed by atoms with E-state index in [4.69, 9.17) is 10.5 Å². The molecule has 1 saturated carbocycles. The highest BCUT2D eigenvalue weighted by Gasteiger charge is 2.44. The zero-order chi connectivity index (χ0) is 28.1. The molecule has 1 aliphatic heterocycles. The fraction of sp³-hybridized carbons (Fsp3) is 0.458. The summed E-state index contributed by atoms with van der Waals surface area (Å²) in [5.74, 6) is -5.00. The lowest BCUT2D eigenvalue weighted by Crippen LogP contribution is -2.40. The normalized spacial score (nSPS) is 20.9. The number of anilines is 1. The van der Waals surface area contributed by atoms with E-state index in [1.54, 1.807) is 0 Å². The van der Waals surface area contributed by atoms with Crippen LogP contribution >= 0.6 is 0 Å². The molecule has 2 aliphatic rings. The average Bonchev–Trinajstić information content (AvgIpc) is 3.60. The predicted molar refractivity (Wildman–Crippen MR) is 127 cm³/mol. The van der Waals surface area contributed by atoms with Gasteiger partial charge < -0.3 is 20.7 Å². The topological polar surface area (TPSA) is 128 Å². The van der Waals surface area contributed by atoms with Crippen molar-refractivity contribution in [3.63, 3.8) is 0 Å². The number of nitrogens with zero attached hydrogens (tertiary/aromatic N) is 5. The zero-order valence-corrected chi connectivity index (χ0v) is 20.6. The van der Waals surface area contributed by atoms with E-state index in [0.717, 1.165) is 16.9 Å². The van der Waals surface area contributed by atoms with Gasteiger partial charge in [-0.1, -0.05) is 0 Å². The number of halogens is 5. The van der Waals surface area contributed by atoms with Crippen LogP contribution in [0.1, 0.15) is 41.6 Å². The summed E-state index contributed by atoms with van der Waals surface area (Å²) in [5, 5.41) is 6.68. The zero-order valence-electron chi connectivity index (χ0n) is 20.6. The average molecular weight is 553 g/mol. The van der Waals surface area contributed by atoms with Crippen molar-refractivity contribution < 1.29 is 36.3 Å². The van der Waals surface area contributed by atoms with Gasteiger partial charge in [-0.25, -0.2) is 23.3 Å². The lowest BCUT2D eigenvalue weighted by molar-refractivity contribution is -0.136. The Morgan fingerprint density at radius 1 is 1.21 bits per heavy atom. The SMILES string of the molecule is COc1ncc(-c2cc(C(F)(F)F)c3c(N)ncnn23)cc1C(=O)N[C@H]1CCN(C(=O)C2CCC(F)(F)C2)C1.